The summed E-state index contributed by atoms with van der Waals surface area (Å²) in [7, 11) is 0. The minimum Gasteiger partial charge on any atom is -0.296 e. The summed E-state index contributed by atoms with van der Waals surface area (Å²) in [4.78, 5) is 20.8. The Labute approximate surface area is 174 Å². The van der Waals surface area contributed by atoms with Crippen molar-refractivity contribution in [1.82, 2.24) is 14.5 Å². The van der Waals surface area contributed by atoms with Crippen molar-refractivity contribution in [1.29, 1.82) is 5.26 Å². The zero-order chi connectivity index (χ0) is 20.7. The number of rotatable bonds is 2. The summed E-state index contributed by atoms with van der Waals surface area (Å²) in [5.41, 5.74) is 6.63. The highest BCUT2D eigenvalue weighted by Gasteiger charge is 2.30. The van der Waals surface area contributed by atoms with E-state index in [-0.39, 0.29) is 5.92 Å². The minimum atomic E-state index is 0.106. The molecular weight excluding hydrogens is 374 g/mol. The largest absolute Gasteiger partial charge is 0.296 e. The number of benzene rings is 1. The molecule has 0 radical (unpaired) electrons. The monoisotopic (exact) mass is 394 g/mol. The highest BCUT2D eigenvalue weighted by Crippen LogP contribution is 2.41. The molecule has 5 rings (SSSR count). The number of hydrogen-bond donors (Lipinski definition) is 0. The summed E-state index contributed by atoms with van der Waals surface area (Å²) < 4.78 is 3.01. The topological polar surface area (TPSA) is 74.6 Å². The fourth-order valence-corrected chi connectivity index (χ4v) is 4.55. The van der Waals surface area contributed by atoms with E-state index in [0.29, 0.717) is 12.1 Å². The van der Waals surface area contributed by atoms with E-state index in [1.165, 1.54) is 6.20 Å². The molecule has 0 bridgehead atoms. The second-order valence-corrected chi connectivity index (χ2v) is 7.64. The van der Waals surface area contributed by atoms with Crippen LogP contribution in [0.5, 0.6) is 0 Å². The molecule has 1 atom stereocenters. The van der Waals surface area contributed by atoms with E-state index in [0.717, 1.165) is 56.9 Å². The van der Waals surface area contributed by atoms with Crippen LogP contribution in [0.4, 0.5) is 0 Å². The molecule has 146 valence electrons. The fourth-order valence-electron chi connectivity index (χ4n) is 4.55. The molecule has 1 unspecified atom stereocenters. The molecule has 1 aliphatic carbocycles. The van der Waals surface area contributed by atoms with Crippen LogP contribution < -0.4 is 0 Å². The van der Waals surface area contributed by atoms with Crippen LogP contribution in [0, 0.1) is 23.2 Å². The van der Waals surface area contributed by atoms with Crippen LogP contribution in [-0.4, -0.2) is 25.8 Å². The van der Waals surface area contributed by atoms with E-state index < -0.39 is 0 Å². The van der Waals surface area contributed by atoms with Crippen molar-refractivity contribution in [2.75, 3.05) is 6.54 Å². The van der Waals surface area contributed by atoms with Gasteiger partial charge in [0, 0.05) is 39.1 Å². The van der Waals surface area contributed by atoms with Crippen LogP contribution in [0.3, 0.4) is 0 Å². The van der Waals surface area contributed by atoms with Crippen molar-refractivity contribution in [3.05, 3.63) is 94.1 Å². The van der Waals surface area contributed by atoms with E-state index in [1.807, 2.05) is 13.0 Å². The molecule has 6 heteroatoms. The molecule has 3 heterocycles. The lowest BCUT2D eigenvalue weighted by atomic mass is 9.77. The van der Waals surface area contributed by atoms with Crippen molar-refractivity contribution in [2.45, 2.75) is 25.7 Å². The van der Waals surface area contributed by atoms with Gasteiger partial charge < -0.3 is 0 Å². The van der Waals surface area contributed by atoms with Crippen molar-refractivity contribution in [3.63, 3.8) is 0 Å². The van der Waals surface area contributed by atoms with Crippen LogP contribution in [0.2, 0.25) is 0 Å². The Bertz CT molecular complexity index is 1300. The molecule has 0 spiro atoms. The number of nitriles is 1. The Hall–Kier alpha value is -3.85. The number of aromatic nitrogens is 3. The molecule has 0 saturated heterocycles. The standard InChI is InChI=1S/C24H20N5O/c1-16-27-22-14-26-11-9-23(22)29(16)20-7-5-17(6-8-20)21-4-2-3-19-15-28(30)12-10-18(13-25)24(19)21/h3,5-12,14,21H,2,4,15H2,1H3/q+1. The summed E-state index contributed by atoms with van der Waals surface area (Å²) in [6.07, 6.45) is 10.6. The van der Waals surface area contributed by atoms with Crippen LogP contribution in [0.25, 0.3) is 16.7 Å². The van der Waals surface area contributed by atoms with Crippen LogP contribution in [-0.2, 0) is 0 Å². The number of allylic oxidation sites excluding steroid dienone is 3. The third kappa shape index (κ3) is 2.96. The Balaban J connectivity index is 1.56. The van der Waals surface area contributed by atoms with Gasteiger partial charge in [0.2, 0.25) is 12.7 Å². The van der Waals surface area contributed by atoms with Gasteiger partial charge in [-0.15, -0.1) is 0 Å². The molecule has 2 aromatic heterocycles. The van der Waals surface area contributed by atoms with Crippen LogP contribution in [0.15, 0.2) is 77.8 Å². The average molecular weight is 394 g/mol. The van der Waals surface area contributed by atoms with Gasteiger partial charge in [0.25, 0.3) is 0 Å². The Morgan fingerprint density at radius 2 is 2.07 bits per heavy atom. The normalized spacial score (nSPS) is 18.7. The highest BCUT2D eigenvalue weighted by molar-refractivity contribution is 5.77. The van der Waals surface area contributed by atoms with Crippen LogP contribution >= 0.6 is 0 Å². The lowest BCUT2D eigenvalue weighted by Crippen LogP contribution is -2.15. The second-order valence-electron chi connectivity index (χ2n) is 7.64. The van der Waals surface area contributed by atoms with E-state index in [2.05, 4.69) is 50.9 Å². The van der Waals surface area contributed by atoms with Gasteiger partial charge in [0.15, 0.2) is 0 Å². The van der Waals surface area contributed by atoms with Gasteiger partial charge in [-0.25, -0.2) is 4.98 Å². The lowest BCUT2D eigenvalue weighted by molar-refractivity contribution is -0.469. The Morgan fingerprint density at radius 3 is 2.87 bits per heavy atom. The third-order valence-electron chi connectivity index (χ3n) is 5.86. The second kappa shape index (κ2) is 7.20. The molecule has 6 nitrogen and oxygen atoms in total. The van der Waals surface area contributed by atoms with Gasteiger partial charge in [0.1, 0.15) is 11.3 Å². The van der Waals surface area contributed by atoms with Gasteiger partial charge in [-0.1, -0.05) is 18.2 Å². The molecule has 0 saturated carbocycles. The van der Waals surface area contributed by atoms with E-state index in [1.54, 1.807) is 18.5 Å². The number of nitroso groups, excluding NO2 is 1. The maximum absolute atomic E-state index is 12.0. The average Bonchev–Trinajstić information content (AvgIpc) is 3.00. The number of pyridine rings is 1. The van der Waals surface area contributed by atoms with Crippen LogP contribution in [0.1, 0.15) is 30.1 Å². The fraction of sp³-hybridized carbons (Fsp3) is 0.208. The molecular formula is C24H20N5O+. The van der Waals surface area contributed by atoms with E-state index in [9.17, 15) is 10.2 Å². The van der Waals surface area contributed by atoms with E-state index in [4.69, 9.17) is 0 Å². The quantitative estimate of drug-likeness (QED) is 0.593. The van der Waals surface area contributed by atoms with Crippen molar-refractivity contribution in [3.8, 4) is 11.8 Å². The Kier molecular flexibility index (Phi) is 4.36. The Morgan fingerprint density at radius 1 is 1.23 bits per heavy atom. The van der Waals surface area contributed by atoms with Crippen molar-refractivity contribution >= 4 is 11.0 Å². The number of fused-ring (bicyclic) bond motifs is 2. The summed E-state index contributed by atoms with van der Waals surface area (Å²) in [5.74, 6) is 1.02. The third-order valence-corrected chi connectivity index (χ3v) is 5.86. The molecule has 0 fully saturated rings. The SMILES string of the molecule is Cc1nc2cnccc2n1-c1ccc(C2CCC=C3C[N+](=O)C=CC(C#N)=C32)cc1. The lowest BCUT2D eigenvalue weighted by Gasteiger charge is -2.26. The molecule has 1 aromatic carbocycles. The van der Waals surface area contributed by atoms with Gasteiger partial charge >= 0.3 is 0 Å². The smallest absolute Gasteiger partial charge is 0.223 e. The van der Waals surface area contributed by atoms with Gasteiger partial charge in [-0.2, -0.15) is 5.26 Å². The van der Waals surface area contributed by atoms with Crippen molar-refractivity contribution < 1.29 is 4.76 Å². The number of hydrogen-bond acceptors (Lipinski definition) is 4. The predicted octanol–water partition coefficient (Wildman–Crippen LogP) is 4.66. The zero-order valence-corrected chi connectivity index (χ0v) is 16.6. The highest BCUT2D eigenvalue weighted by atomic mass is 16.3. The van der Waals surface area contributed by atoms with Gasteiger partial charge in [-0.3, -0.25) is 9.55 Å². The summed E-state index contributed by atoms with van der Waals surface area (Å²) in [5, 5.41) is 9.68. The number of nitrogens with zero attached hydrogens (tertiary/aromatic N) is 5. The summed E-state index contributed by atoms with van der Waals surface area (Å²) in [6, 6.07) is 12.7. The first-order valence-corrected chi connectivity index (χ1v) is 10.0. The molecule has 0 amide bonds. The van der Waals surface area contributed by atoms with Crippen molar-refractivity contribution in [2.24, 2.45) is 0 Å². The molecule has 1 aliphatic heterocycles. The zero-order valence-electron chi connectivity index (χ0n) is 16.6. The first-order chi connectivity index (χ1) is 14.7. The first-order valence-electron chi connectivity index (χ1n) is 10.0. The van der Waals surface area contributed by atoms with Gasteiger partial charge in [0.05, 0.1) is 23.4 Å². The minimum absolute atomic E-state index is 0.106. The first kappa shape index (κ1) is 18.2. The number of imidazole rings is 1. The molecule has 3 aromatic rings. The molecule has 2 aliphatic rings. The maximum atomic E-state index is 12.0. The van der Waals surface area contributed by atoms with Gasteiger partial charge in [-0.05, 0) is 49.1 Å². The number of aryl methyl sites for hydroxylation is 1. The summed E-state index contributed by atoms with van der Waals surface area (Å²) >= 11 is 0. The maximum Gasteiger partial charge on any atom is 0.223 e. The van der Waals surface area contributed by atoms with E-state index >= 15 is 0 Å². The summed E-state index contributed by atoms with van der Waals surface area (Å²) in [6.45, 7) is 2.28. The molecule has 0 N–H and O–H groups in total. The predicted molar refractivity (Wildman–Crippen MR) is 114 cm³/mol. The molecule has 30 heavy (non-hydrogen) atoms.